The Morgan fingerprint density at radius 2 is 2.13 bits per heavy atom. The second-order valence-electron chi connectivity index (χ2n) is 3.04. The van der Waals surface area contributed by atoms with E-state index < -0.39 is 0 Å². The number of benzene rings is 1. The van der Waals surface area contributed by atoms with Crippen LogP contribution in [-0.2, 0) is 4.79 Å². The van der Waals surface area contributed by atoms with Crippen LogP contribution < -0.4 is 11.3 Å². The van der Waals surface area contributed by atoms with Gasteiger partial charge in [0.05, 0.1) is 0 Å². The molecule has 0 aliphatic rings. The van der Waals surface area contributed by atoms with E-state index in [2.05, 4.69) is 12.0 Å². The Hall–Kier alpha value is -1.87. The normalized spacial score (nSPS) is 10.3. The van der Waals surface area contributed by atoms with E-state index in [1.54, 1.807) is 0 Å². The predicted octanol–water partition coefficient (Wildman–Crippen LogP) is 1.72. The molecule has 0 unspecified atom stereocenters. The number of allylic oxidation sites excluding steroid dienone is 1. The maximum atomic E-state index is 11.3. The quantitative estimate of drug-likeness (QED) is 0.339. The van der Waals surface area contributed by atoms with Crippen molar-refractivity contribution in [3.05, 3.63) is 48.0 Å². The van der Waals surface area contributed by atoms with Crippen LogP contribution in [0.1, 0.15) is 18.1 Å². The minimum absolute atomic E-state index is 0.367. The lowest BCUT2D eigenvalue weighted by atomic mass is 10.0. The van der Waals surface area contributed by atoms with E-state index >= 15 is 0 Å². The topological polar surface area (TPSA) is 55.1 Å². The van der Waals surface area contributed by atoms with Gasteiger partial charge in [0, 0.05) is 5.57 Å². The van der Waals surface area contributed by atoms with E-state index in [-0.39, 0.29) is 5.91 Å². The number of hydrazine groups is 1. The molecule has 1 aromatic carbocycles. The van der Waals surface area contributed by atoms with E-state index in [0.717, 1.165) is 11.1 Å². The summed E-state index contributed by atoms with van der Waals surface area (Å²) in [5, 5.41) is 0. The summed E-state index contributed by atoms with van der Waals surface area (Å²) in [6.45, 7) is 5.63. The molecule has 0 saturated carbocycles. The van der Waals surface area contributed by atoms with Crippen LogP contribution in [0.25, 0.3) is 11.6 Å². The van der Waals surface area contributed by atoms with E-state index in [0.29, 0.717) is 5.57 Å². The summed E-state index contributed by atoms with van der Waals surface area (Å²) >= 11 is 0. The van der Waals surface area contributed by atoms with Gasteiger partial charge in [0.2, 0.25) is 0 Å². The summed E-state index contributed by atoms with van der Waals surface area (Å²) in [4.78, 5) is 11.3. The van der Waals surface area contributed by atoms with Crippen molar-refractivity contribution in [1.29, 1.82) is 0 Å². The number of amides is 1. The molecule has 0 radical (unpaired) electrons. The van der Waals surface area contributed by atoms with Gasteiger partial charge in [-0.15, -0.1) is 0 Å². The lowest BCUT2D eigenvalue weighted by Gasteiger charge is -2.07. The Morgan fingerprint density at radius 1 is 1.47 bits per heavy atom. The van der Waals surface area contributed by atoms with Crippen LogP contribution >= 0.6 is 0 Å². The highest BCUT2D eigenvalue weighted by Crippen LogP contribution is 2.18. The second kappa shape index (κ2) is 5.12. The molecule has 0 aliphatic heterocycles. The van der Waals surface area contributed by atoms with Gasteiger partial charge in [-0.2, -0.15) is 0 Å². The molecule has 3 nitrogen and oxygen atoms in total. The van der Waals surface area contributed by atoms with Gasteiger partial charge in [0.15, 0.2) is 0 Å². The molecule has 0 aliphatic carbocycles. The molecule has 3 N–H and O–H groups in total. The van der Waals surface area contributed by atoms with Crippen molar-refractivity contribution in [1.82, 2.24) is 5.43 Å². The molecule has 1 amide bonds. The van der Waals surface area contributed by atoms with Gasteiger partial charge in [-0.25, -0.2) is 5.84 Å². The minimum atomic E-state index is -0.369. The Morgan fingerprint density at radius 3 is 2.73 bits per heavy atom. The molecular formula is C12H14N2O. The molecule has 0 heterocycles. The van der Waals surface area contributed by atoms with E-state index in [4.69, 9.17) is 5.84 Å². The number of carbonyl (C=O) groups is 1. The van der Waals surface area contributed by atoms with Crippen molar-refractivity contribution in [3.63, 3.8) is 0 Å². The summed E-state index contributed by atoms with van der Waals surface area (Å²) in [6, 6.07) is 7.53. The molecule has 0 spiro atoms. The zero-order valence-corrected chi connectivity index (χ0v) is 8.66. The monoisotopic (exact) mass is 202 g/mol. The third-order valence-electron chi connectivity index (χ3n) is 2.04. The van der Waals surface area contributed by atoms with Crippen LogP contribution in [0.15, 0.2) is 36.9 Å². The zero-order chi connectivity index (χ0) is 11.3. The molecule has 15 heavy (non-hydrogen) atoms. The van der Waals surface area contributed by atoms with E-state index in [9.17, 15) is 4.79 Å². The van der Waals surface area contributed by atoms with Gasteiger partial charge >= 0.3 is 0 Å². The van der Waals surface area contributed by atoms with Gasteiger partial charge in [-0.05, 0) is 18.1 Å². The Bertz CT molecular complexity index is 408. The highest BCUT2D eigenvalue weighted by atomic mass is 16.2. The van der Waals surface area contributed by atoms with Gasteiger partial charge in [-0.1, -0.05) is 43.0 Å². The first-order valence-electron chi connectivity index (χ1n) is 4.62. The van der Waals surface area contributed by atoms with Crippen LogP contribution in [0.3, 0.4) is 0 Å². The first-order valence-corrected chi connectivity index (χ1v) is 4.62. The fourth-order valence-electron chi connectivity index (χ4n) is 1.31. The van der Waals surface area contributed by atoms with Crippen LogP contribution in [-0.4, -0.2) is 5.91 Å². The number of rotatable bonds is 3. The van der Waals surface area contributed by atoms with Crippen molar-refractivity contribution in [2.24, 2.45) is 5.84 Å². The number of hydrogen-bond donors (Lipinski definition) is 2. The molecule has 3 heteroatoms. The second-order valence-corrected chi connectivity index (χ2v) is 3.04. The average Bonchev–Trinajstić information content (AvgIpc) is 2.28. The van der Waals surface area contributed by atoms with Crippen LogP contribution in [0, 0.1) is 0 Å². The van der Waals surface area contributed by atoms with Gasteiger partial charge in [0.1, 0.15) is 0 Å². The smallest absolute Gasteiger partial charge is 0.265 e. The third-order valence-corrected chi connectivity index (χ3v) is 2.04. The summed E-state index contributed by atoms with van der Waals surface area (Å²) in [5.74, 6) is 4.69. The SMILES string of the molecule is C=C(C(=O)NN)c1ccccc1/C=C\C. The standard InChI is InChI=1S/C12H14N2O/c1-3-6-10-7-4-5-8-11(10)9(2)12(15)14-13/h3-8H,2,13H2,1H3,(H,14,15)/b6-3-. The lowest BCUT2D eigenvalue weighted by Crippen LogP contribution is -2.30. The third kappa shape index (κ3) is 2.54. The van der Waals surface area contributed by atoms with E-state index in [1.165, 1.54) is 0 Å². The summed E-state index contributed by atoms with van der Waals surface area (Å²) < 4.78 is 0. The maximum Gasteiger partial charge on any atom is 0.265 e. The Kier molecular flexibility index (Phi) is 3.83. The Balaban J connectivity index is 3.13. The fraction of sp³-hybridized carbons (Fsp3) is 0.0833. The predicted molar refractivity (Wildman–Crippen MR) is 62.5 cm³/mol. The minimum Gasteiger partial charge on any atom is -0.290 e. The zero-order valence-electron chi connectivity index (χ0n) is 8.66. The maximum absolute atomic E-state index is 11.3. The highest BCUT2D eigenvalue weighted by Gasteiger charge is 2.09. The largest absolute Gasteiger partial charge is 0.290 e. The Labute approximate surface area is 89.3 Å². The van der Waals surface area contributed by atoms with Crippen molar-refractivity contribution < 1.29 is 4.79 Å². The molecule has 0 aromatic heterocycles. The van der Waals surface area contributed by atoms with Crippen molar-refractivity contribution in [2.45, 2.75) is 6.92 Å². The molecular weight excluding hydrogens is 188 g/mol. The first kappa shape index (κ1) is 11.2. The van der Waals surface area contributed by atoms with Crippen LogP contribution in [0.2, 0.25) is 0 Å². The molecule has 78 valence electrons. The molecule has 0 bridgehead atoms. The van der Waals surface area contributed by atoms with Crippen molar-refractivity contribution >= 4 is 17.6 Å². The van der Waals surface area contributed by atoms with Gasteiger partial charge < -0.3 is 0 Å². The highest BCUT2D eigenvalue weighted by molar-refractivity contribution is 6.19. The lowest BCUT2D eigenvalue weighted by molar-refractivity contribution is -0.115. The number of hydrogen-bond acceptors (Lipinski definition) is 2. The molecule has 1 rings (SSSR count). The average molecular weight is 202 g/mol. The number of nitrogens with two attached hydrogens (primary N) is 1. The molecule has 0 saturated heterocycles. The molecule has 0 fully saturated rings. The van der Waals surface area contributed by atoms with E-state index in [1.807, 2.05) is 43.3 Å². The first-order chi connectivity index (χ1) is 7.20. The summed E-state index contributed by atoms with van der Waals surface area (Å²) in [7, 11) is 0. The van der Waals surface area contributed by atoms with Gasteiger partial charge in [0.25, 0.3) is 5.91 Å². The fourth-order valence-corrected chi connectivity index (χ4v) is 1.31. The number of nitrogens with one attached hydrogen (secondary N) is 1. The summed E-state index contributed by atoms with van der Waals surface area (Å²) in [6.07, 6.45) is 3.83. The van der Waals surface area contributed by atoms with Crippen molar-refractivity contribution in [3.8, 4) is 0 Å². The van der Waals surface area contributed by atoms with Crippen LogP contribution in [0.4, 0.5) is 0 Å². The van der Waals surface area contributed by atoms with Crippen molar-refractivity contribution in [2.75, 3.05) is 0 Å². The molecule has 1 aromatic rings. The summed E-state index contributed by atoms with van der Waals surface area (Å²) in [5.41, 5.74) is 4.18. The molecule has 0 atom stereocenters. The number of carbonyl (C=O) groups excluding carboxylic acids is 1. The van der Waals surface area contributed by atoms with Gasteiger partial charge in [-0.3, -0.25) is 10.2 Å². The van der Waals surface area contributed by atoms with Crippen LogP contribution in [0.5, 0.6) is 0 Å².